The Morgan fingerprint density at radius 1 is 0.938 bits per heavy atom. The molecule has 0 saturated heterocycles. The molecule has 3 aromatic rings. The first-order valence-electron chi connectivity index (χ1n) is 9.31. The van der Waals surface area contributed by atoms with Gasteiger partial charge in [-0.1, -0.05) is 71.2 Å². The average molecular weight is 511 g/mol. The Hall–Kier alpha value is -2.58. The Balaban J connectivity index is 1.90. The Bertz CT molecular complexity index is 1250. The quantitative estimate of drug-likeness (QED) is 0.342. The fourth-order valence-electron chi connectivity index (χ4n) is 2.77. The van der Waals surface area contributed by atoms with Crippen molar-refractivity contribution in [3.05, 3.63) is 93.4 Å². The molecular weight excluding hydrogens is 493 g/mol. The summed E-state index contributed by atoms with van der Waals surface area (Å²) in [6.07, 6.45) is 0. The zero-order valence-electron chi connectivity index (χ0n) is 16.8. The van der Waals surface area contributed by atoms with Crippen LogP contribution >= 0.6 is 34.8 Å². The van der Waals surface area contributed by atoms with Crippen LogP contribution in [0.2, 0.25) is 15.1 Å². The summed E-state index contributed by atoms with van der Waals surface area (Å²) in [5.74, 6) is -0.658. The van der Waals surface area contributed by atoms with Crippen molar-refractivity contribution < 1.29 is 13.2 Å². The molecule has 3 rings (SSSR count). The minimum Gasteiger partial charge on any atom is -0.271 e. The fourth-order valence-corrected chi connectivity index (χ4v) is 4.80. The van der Waals surface area contributed by atoms with Crippen LogP contribution in [0.3, 0.4) is 0 Å². The van der Waals surface area contributed by atoms with Crippen molar-refractivity contribution in [2.24, 2.45) is 5.10 Å². The van der Waals surface area contributed by atoms with E-state index in [1.807, 2.05) is 0 Å². The largest absolute Gasteiger partial charge is 0.271 e. The van der Waals surface area contributed by atoms with E-state index in [1.165, 1.54) is 24.3 Å². The van der Waals surface area contributed by atoms with E-state index in [9.17, 15) is 13.2 Å². The monoisotopic (exact) mass is 509 g/mol. The molecule has 0 aliphatic heterocycles. The van der Waals surface area contributed by atoms with E-state index in [0.29, 0.717) is 10.7 Å². The second-order valence-electron chi connectivity index (χ2n) is 6.64. The third-order valence-corrected chi connectivity index (χ3v) is 7.26. The molecule has 3 aromatic carbocycles. The van der Waals surface area contributed by atoms with Gasteiger partial charge in [0.05, 0.1) is 26.3 Å². The van der Waals surface area contributed by atoms with Crippen LogP contribution in [0.4, 0.5) is 5.69 Å². The van der Waals surface area contributed by atoms with Crippen LogP contribution in [0.1, 0.15) is 12.5 Å². The number of rotatable bonds is 7. The Kier molecular flexibility index (Phi) is 7.79. The average Bonchev–Trinajstić information content (AvgIpc) is 2.79. The van der Waals surface area contributed by atoms with Crippen molar-refractivity contribution in [3.8, 4) is 0 Å². The predicted octanol–water partition coefficient (Wildman–Crippen LogP) is 5.38. The number of benzene rings is 3. The van der Waals surface area contributed by atoms with Crippen LogP contribution < -0.4 is 9.73 Å². The molecule has 1 amide bonds. The second kappa shape index (κ2) is 10.4. The predicted molar refractivity (Wildman–Crippen MR) is 129 cm³/mol. The molecular formula is C22H18Cl3N3O3S. The summed E-state index contributed by atoms with van der Waals surface area (Å²) in [6, 6.07) is 19.2. The number of hydrazone groups is 1. The van der Waals surface area contributed by atoms with E-state index in [-0.39, 0.29) is 20.6 Å². The summed E-state index contributed by atoms with van der Waals surface area (Å²) in [7, 11) is -4.12. The van der Waals surface area contributed by atoms with E-state index < -0.39 is 22.5 Å². The molecule has 0 heterocycles. The van der Waals surface area contributed by atoms with Gasteiger partial charge in [-0.05, 0) is 48.9 Å². The molecule has 0 aromatic heterocycles. The molecule has 1 N–H and O–H groups in total. The fraction of sp³-hybridized carbons (Fsp3) is 0.0909. The zero-order valence-corrected chi connectivity index (χ0v) is 19.9. The van der Waals surface area contributed by atoms with Crippen molar-refractivity contribution in [2.75, 3.05) is 10.8 Å². The number of anilines is 1. The van der Waals surface area contributed by atoms with Crippen LogP contribution in [-0.4, -0.2) is 26.6 Å². The number of hydrogen-bond donors (Lipinski definition) is 1. The molecule has 0 saturated carbocycles. The number of sulfonamides is 1. The summed E-state index contributed by atoms with van der Waals surface area (Å²) in [5.41, 5.74) is 3.74. The number of carbonyl (C=O) groups is 1. The highest BCUT2D eigenvalue weighted by molar-refractivity contribution is 7.92. The summed E-state index contributed by atoms with van der Waals surface area (Å²) in [5, 5.41) is 4.81. The lowest BCUT2D eigenvalue weighted by atomic mass is 10.1. The summed E-state index contributed by atoms with van der Waals surface area (Å²) in [4.78, 5) is 12.7. The molecule has 0 fully saturated rings. The zero-order chi connectivity index (χ0) is 23.3. The van der Waals surface area contributed by atoms with Gasteiger partial charge in [0.2, 0.25) is 0 Å². The molecule has 0 aliphatic carbocycles. The summed E-state index contributed by atoms with van der Waals surface area (Å²) >= 11 is 18.2. The molecule has 10 heteroatoms. The molecule has 0 spiro atoms. The topological polar surface area (TPSA) is 78.8 Å². The van der Waals surface area contributed by atoms with Crippen molar-refractivity contribution in [1.82, 2.24) is 5.43 Å². The number of hydrogen-bond acceptors (Lipinski definition) is 4. The molecule has 6 nitrogen and oxygen atoms in total. The van der Waals surface area contributed by atoms with Gasteiger partial charge < -0.3 is 0 Å². The number of carbonyl (C=O) groups excluding carboxylic acids is 1. The Labute approximate surface area is 201 Å². The number of nitrogens with zero attached hydrogens (tertiary/aromatic N) is 2. The molecule has 32 heavy (non-hydrogen) atoms. The maximum atomic E-state index is 13.3. The smallest absolute Gasteiger partial charge is 0.264 e. The highest BCUT2D eigenvalue weighted by Crippen LogP contribution is 2.35. The Morgan fingerprint density at radius 2 is 1.59 bits per heavy atom. The van der Waals surface area contributed by atoms with Crippen molar-refractivity contribution in [2.45, 2.75) is 11.8 Å². The summed E-state index contributed by atoms with van der Waals surface area (Å²) in [6.45, 7) is 1.14. The van der Waals surface area contributed by atoms with E-state index in [1.54, 1.807) is 55.5 Å². The third-order valence-electron chi connectivity index (χ3n) is 4.43. The lowest BCUT2D eigenvalue weighted by molar-refractivity contribution is -0.119. The van der Waals surface area contributed by atoms with Crippen LogP contribution in [0.25, 0.3) is 0 Å². The van der Waals surface area contributed by atoms with Crippen LogP contribution in [0.15, 0.2) is 82.8 Å². The molecule has 0 unspecified atom stereocenters. The highest BCUT2D eigenvalue weighted by atomic mass is 35.5. The molecule has 0 atom stereocenters. The van der Waals surface area contributed by atoms with Crippen LogP contribution in [0, 0.1) is 0 Å². The number of nitrogens with one attached hydrogen (secondary N) is 1. The van der Waals surface area contributed by atoms with Gasteiger partial charge in [-0.25, -0.2) is 13.8 Å². The number of halogens is 3. The second-order valence-corrected chi connectivity index (χ2v) is 9.72. The van der Waals surface area contributed by atoms with Gasteiger partial charge in [0.1, 0.15) is 6.54 Å². The first kappa shape index (κ1) is 24.1. The van der Waals surface area contributed by atoms with Crippen molar-refractivity contribution in [1.29, 1.82) is 0 Å². The maximum Gasteiger partial charge on any atom is 0.264 e. The molecule has 0 aliphatic rings. The SMILES string of the molecule is C/C(=N\NC(=O)CN(c1cccc(Cl)c1Cl)S(=O)(=O)c1ccccc1)c1ccc(Cl)cc1. The lowest BCUT2D eigenvalue weighted by Crippen LogP contribution is -2.40. The van der Waals surface area contributed by atoms with Crippen molar-refractivity contribution >= 4 is 62.1 Å². The lowest BCUT2D eigenvalue weighted by Gasteiger charge is -2.25. The van der Waals surface area contributed by atoms with E-state index >= 15 is 0 Å². The van der Waals surface area contributed by atoms with Gasteiger partial charge in [-0.15, -0.1) is 0 Å². The van der Waals surface area contributed by atoms with Gasteiger partial charge in [-0.3, -0.25) is 9.10 Å². The van der Waals surface area contributed by atoms with E-state index in [2.05, 4.69) is 10.5 Å². The van der Waals surface area contributed by atoms with Gasteiger partial charge in [0.25, 0.3) is 15.9 Å². The van der Waals surface area contributed by atoms with E-state index in [4.69, 9.17) is 34.8 Å². The van der Waals surface area contributed by atoms with Gasteiger partial charge in [0, 0.05) is 5.02 Å². The minimum absolute atomic E-state index is 0.00434. The first-order valence-corrected chi connectivity index (χ1v) is 11.9. The Morgan fingerprint density at radius 3 is 2.25 bits per heavy atom. The van der Waals surface area contributed by atoms with Crippen LogP contribution in [-0.2, 0) is 14.8 Å². The van der Waals surface area contributed by atoms with Gasteiger partial charge >= 0.3 is 0 Å². The third kappa shape index (κ3) is 5.61. The standard InChI is InChI=1S/C22H18Cl3N3O3S/c1-15(16-10-12-17(23)13-11-16)26-27-21(29)14-28(20-9-5-8-19(24)22(20)25)32(30,31)18-6-3-2-4-7-18/h2-13H,14H2,1H3,(H,27,29)/b26-15+. The minimum atomic E-state index is -4.12. The van der Waals surface area contributed by atoms with Gasteiger partial charge in [0.15, 0.2) is 0 Å². The highest BCUT2D eigenvalue weighted by Gasteiger charge is 2.29. The number of amides is 1. The van der Waals surface area contributed by atoms with Crippen molar-refractivity contribution in [3.63, 3.8) is 0 Å². The normalized spacial score (nSPS) is 11.8. The van der Waals surface area contributed by atoms with E-state index in [0.717, 1.165) is 9.87 Å². The first-order chi connectivity index (χ1) is 15.2. The summed E-state index contributed by atoms with van der Waals surface area (Å²) < 4.78 is 27.5. The maximum absolute atomic E-state index is 13.3. The molecule has 0 radical (unpaired) electrons. The molecule has 166 valence electrons. The van der Waals surface area contributed by atoms with Gasteiger partial charge in [-0.2, -0.15) is 5.10 Å². The van der Waals surface area contributed by atoms with Crippen LogP contribution in [0.5, 0.6) is 0 Å². The molecule has 0 bridgehead atoms.